The highest BCUT2D eigenvalue weighted by atomic mass is 32.2. The first-order chi connectivity index (χ1) is 18.1. The van der Waals surface area contributed by atoms with Crippen molar-refractivity contribution in [3.05, 3.63) is 108 Å². The minimum absolute atomic E-state index is 0.374. The lowest BCUT2D eigenvalue weighted by molar-refractivity contribution is -0.318. The number of hydrogen-bond acceptors (Lipinski definition) is 8. The topological polar surface area (TPSA) is 105 Å². The van der Waals surface area contributed by atoms with Crippen LogP contribution in [-0.4, -0.2) is 25.0 Å². The minimum Gasteiger partial charge on any atom is -0.335 e. The summed E-state index contributed by atoms with van der Waals surface area (Å²) < 4.78 is 112. The van der Waals surface area contributed by atoms with Crippen molar-refractivity contribution in [2.45, 2.75) is 36.4 Å². The Kier molecular flexibility index (Phi) is 10.5. The molecule has 0 aliphatic heterocycles. The van der Waals surface area contributed by atoms with Gasteiger partial charge < -0.3 is 23.3 Å². The van der Waals surface area contributed by atoms with Crippen molar-refractivity contribution in [3.63, 3.8) is 0 Å². The Bertz CT molecular complexity index is 1250. The summed E-state index contributed by atoms with van der Waals surface area (Å²) in [6.45, 7) is -1.37. The van der Waals surface area contributed by atoms with Crippen LogP contribution in [0.4, 0.5) is 13.2 Å². The van der Waals surface area contributed by atoms with Crippen molar-refractivity contribution in [3.8, 4) is 0 Å². The maximum absolute atomic E-state index is 13.4. The fourth-order valence-corrected chi connectivity index (χ4v) is 5.92. The van der Waals surface area contributed by atoms with E-state index in [1.165, 1.54) is 12.1 Å². The highest BCUT2D eigenvalue weighted by Gasteiger charge is 2.63. The van der Waals surface area contributed by atoms with Crippen molar-refractivity contribution in [1.29, 1.82) is 0 Å². The molecule has 0 fully saturated rings. The molecule has 0 amide bonds. The Morgan fingerprint density at radius 1 is 0.579 bits per heavy atom. The fraction of sp³-hybridized carbons (Fsp3) is 0.250. The van der Waals surface area contributed by atoms with Gasteiger partial charge in [-0.15, -0.1) is 0 Å². The first kappa shape index (κ1) is 30.2. The third-order valence-electron chi connectivity index (χ3n) is 5.20. The first-order valence-electron chi connectivity index (χ1n) is 11.0. The second-order valence-electron chi connectivity index (χ2n) is 7.88. The van der Waals surface area contributed by atoms with Gasteiger partial charge in [-0.1, -0.05) is 91.0 Å². The molecule has 0 spiro atoms. The third-order valence-corrected chi connectivity index (χ3v) is 8.78. The van der Waals surface area contributed by atoms with Crippen LogP contribution in [-0.2, 0) is 57.5 Å². The van der Waals surface area contributed by atoms with Crippen molar-refractivity contribution in [2.75, 3.05) is 0 Å². The van der Waals surface area contributed by atoms with Gasteiger partial charge in [0.05, 0.1) is 19.8 Å². The summed E-state index contributed by atoms with van der Waals surface area (Å²) >= 11 is 0. The van der Waals surface area contributed by atoms with Gasteiger partial charge >= 0.3 is 15.6 Å². The van der Waals surface area contributed by atoms with Crippen LogP contribution in [0.25, 0.3) is 0 Å². The zero-order valence-electron chi connectivity index (χ0n) is 19.7. The van der Waals surface area contributed by atoms with Crippen molar-refractivity contribution >= 4 is 27.0 Å². The predicted molar refractivity (Wildman–Crippen MR) is 136 cm³/mol. The van der Waals surface area contributed by atoms with Crippen LogP contribution in [0.15, 0.2) is 91.0 Å². The van der Waals surface area contributed by atoms with Gasteiger partial charge in [-0.05, 0) is 16.7 Å². The summed E-state index contributed by atoms with van der Waals surface area (Å²) in [5.41, 5.74) is -10.6. The molecule has 0 aromatic heterocycles. The lowest BCUT2D eigenvalue weighted by Crippen LogP contribution is -2.55. The zero-order chi connectivity index (χ0) is 27.7. The summed E-state index contributed by atoms with van der Waals surface area (Å²) in [6, 6.07) is 24.4. The van der Waals surface area contributed by atoms with Crippen molar-refractivity contribution in [2.24, 2.45) is 0 Å². The number of rotatable bonds is 14. The summed E-state index contributed by atoms with van der Waals surface area (Å²) in [4.78, 5) is 0. The maximum atomic E-state index is 13.4. The smallest absolute Gasteiger partial charge is 0.335 e. The van der Waals surface area contributed by atoms with E-state index in [4.69, 9.17) is 14.2 Å². The first-order valence-corrected chi connectivity index (χ1v) is 14.6. The molecule has 38 heavy (non-hydrogen) atoms. The molecule has 0 heterocycles. The van der Waals surface area contributed by atoms with Crippen LogP contribution in [0.5, 0.6) is 0 Å². The molecule has 14 heteroatoms. The number of halogens is 3. The Morgan fingerprint density at radius 2 is 0.895 bits per heavy atom. The second-order valence-corrected chi connectivity index (χ2v) is 11.4. The van der Waals surface area contributed by atoms with Gasteiger partial charge in [-0.25, -0.2) is 4.18 Å². The Balaban J connectivity index is 2.11. The monoisotopic (exact) mass is 592 g/mol. The average Bonchev–Trinajstić information content (AvgIpc) is 2.92. The normalized spacial score (nSPS) is 14.8. The number of alkyl halides is 3. The molecular formula is C24H25F3O8P2S. The van der Waals surface area contributed by atoms with E-state index in [1.54, 1.807) is 78.9 Å². The lowest BCUT2D eigenvalue weighted by Gasteiger charge is -2.41. The van der Waals surface area contributed by atoms with E-state index in [0.717, 1.165) is 0 Å². The number of benzene rings is 3. The zero-order valence-corrected chi connectivity index (χ0v) is 22.9. The molecule has 3 aromatic carbocycles. The molecular weight excluding hydrogens is 567 g/mol. The quantitative estimate of drug-likeness (QED) is 0.107. The molecule has 206 valence electrons. The van der Waals surface area contributed by atoms with Crippen LogP contribution in [0.1, 0.15) is 16.7 Å². The summed E-state index contributed by atoms with van der Waals surface area (Å²) in [5.74, 6) is 0. The molecule has 0 aliphatic carbocycles. The minimum atomic E-state index is -6.42. The van der Waals surface area contributed by atoms with Gasteiger partial charge in [0, 0.05) is 0 Å². The molecule has 0 bridgehead atoms. The van der Waals surface area contributed by atoms with Crippen LogP contribution in [0, 0.1) is 0 Å². The molecule has 0 aliphatic rings. The van der Waals surface area contributed by atoms with E-state index in [0.29, 0.717) is 16.7 Å². The second kappa shape index (κ2) is 13.2. The molecule has 3 aromatic rings. The molecule has 0 saturated carbocycles. The van der Waals surface area contributed by atoms with Crippen LogP contribution in [0.3, 0.4) is 0 Å². The van der Waals surface area contributed by atoms with Crippen molar-refractivity contribution < 1.29 is 49.1 Å². The fourth-order valence-electron chi connectivity index (χ4n) is 3.22. The van der Waals surface area contributed by atoms with Gasteiger partial charge in [0.1, 0.15) is 16.9 Å². The summed E-state index contributed by atoms with van der Waals surface area (Å²) in [6.07, 6.45) is 0. The van der Waals surface area contributed by atoms with E-state index in [9.17, 15) is 30.7 Å². The third kappa shape index (κ3) is 7.42. The molecule has 3 unspecified atom stereocenters. The number of ether oxygens (including phenoxy) is 3. The Hall–Kier alpha value is -2.30. The largest absolute Gasteiger partial charge is 0.523 e. The van der Waals surface area contributed by atoms with Crippen LogP contribution >= 0.6 is 16.9 Å². The summed E-state index contributed by atoms with van der Waals surface area (Å²) in [5, 5.41) is 0. The molecule has 3 atom stereocenters. The summed E-state index contributed by atoms with van der Waals surface area (Å²) in [7, 11) is -11.6. The van der Waals surface area contributed by atoms with Gasteiger partial charge in [0.25, 0.3) is 11.1 Å². The predicted octanol–water partition coefficient (Wildman–Crippen LogP) is 5.32. The SMILES string of the molecule is O=[PH2]C(OCc1ccccc1)(OCc1ccccc1)C(OCc1ccccc1)(OS(=O)(=O)C(F)(F)F)[PH2]=O. The van der Waals surface area contributed by atoms with Crippen LogP contribution in [0.2, 0.25) is 0 Å². The van der Waals surface area contributed by atoms with Crippen molar-refractivity contribution in [1.82, 2.24) is 0 Å². The maximum Gasteiger partial charge on any atom is 0.523 e. The standard InChI is InChI=1S/C24H25F3O8P2S/c25-24(26,27)38(30,31)35-23(37-29,34-18-21-14-8-3-9-15-21)22(36-28,32-16-19-10-4-1-5-11-19)33-17-20-12-6-2-7-13-20/h1-15H,16-18,36-37H2. The van der Waals surface area contributed by atoms with Gasteiger partial charge in [0.15, 0.2) is 0 Å². The van der Waals surface area contributed by atoms with E-state index in [2.05, 4.69) is 4.18 Å². The lowest BCUT2D eigenvalue weighted by atomic mass is 10.2. The Labute approximate surface area is 220 Å². The molecule has 0 N–H and O–H groups in total. The van der Waals surface area contributed by atoms with Gasteiger partial charge in [0.2, 0.25) is 0 Å². The van der Waals surface area contributed by atoms with Gasteiger partial charge in [-0.3, -0.25) is 0 Å². The van der Waals surface area contributed by atoms with E-state index < -0.39 is 63.4 Å². The highest BCUT2D eigenvalue weighted by molar-refractivity contribution is 7.87. The van der Waals surface area contributed by atoms with E-state index >= 15 is 0 Å². The van der Waals surface area contributed by atoms with Crippen LogP contribution < -0.4 is 0 Å². The van der Waals surface area contributed by atoms with Gasteiger partial charge in [-0.2, -0.15) is 21.6 Å². The van der Waals surface area contributed by atoms with E-state index in [1.807, 2.05) is 0 Å². The average molecular weight is 592 g/mol. The number of hydrogen-bond donors (Lipinski definition) is 0. The van der Waals surface area contributed by atoms with E-state index in [-0.39, 0.29) is 0 Å². The highest BCUT2D eigenvalue weighted by Crippen LogP contribution is 2.51. The Morgan fingerprint density at radius 3 is 1.18 bits per heavy atom. The molecule has 3 rings (SSSR count). The molecule has 8 nitrogen and oxygen atoms in total. The molecule has 0 saturated heterocycles. The molecule has 0 radical (unpaired) electrons.